The van der Waals surface area contributed by atoms with Gasteiger partial charge < -0.3 is 15.7 Å². The van der Waals surface area contributed by atoms with Gasteiger partial charge >= 0.3 is 0 Å². The van der Waals surface area contributed by atoms with Gasteiger partial charge in [-0.1, -0.05) is 13.8 Å². The van der Waals surface area contributed by atoms with Crippen molar-refractivity contribution in [2.45, 2.75) is 20.8 Å². The third-order valence-electron chi connectivity index (χ3n) is 3.03. The van der Waals surface area contributed by atoms with E-state index in [-0.39, 0.29) is 22.6 Å². The molecule has 0 saturated carbocycles. The molecule has 1 aromatic carbocycles. The first-order chi connectivity index (χ1) is 8.80. The number of nitrogens with two attached hydrogens (primary N) is 1. The van der Waals surface area contributed by atoms with Gasteiger partial charge in [0.2, 0.25) is 0 Å². The van der Waals surface area contributed by atoms with Crippen molar-refractivity contribution in [3.63, 3.8) is 0 Å². The number of nitrogens with zero attached hydrogens (tertiary/aromatic N) is 1. The minimum absolute atomic E-state index is 0.107. The Morgan fingerprint density at radius 2 is 2.11 bits per heavy atom. The third-order valence-corrected chi connectivity index (χ3v) is 3.03. The second-order valence-corrected chi connectivity index (χ2v) is 5.35. The zero-order valence-electron chi connectivity index (χ0n) is 11.6. The molecule has 0 aliphatic rings. The summed E-state index contributed by atoms with van der Waals surface area (Å²) in [7, 11) is 0. The molecule has 1 rings (SSSR count). The van der Waals surface area contributed by atoms with Gasteiger partial charge in [0.1, 0.15) is 11.6 Å². The molecule has 4 nitrogen and oxygen atoms in total. The SMILES string of the molecule is CCN(CC(C)(C)CN)C(=O)c1ccc(F)cc1O. The number of rotatable bonds is 5. The highest BCUT2D eigenvalue weighted by Gasteiger charge is 2.25. The molecule has 1 aromatic rings. The maximum Gasteiger partial charge on any atom is 0.257 e. The van der Waals surface area contributed by atoms with Gasteiger partial charge in [-0.25, -0.2) is 4.39 Å². The molecule has 3 N–H and O–H groups in total. The smallest absolute Gasteiger partial charge is 0.257 e. The molecule has 0 aliphatic carbocycles. The molecule has 0 saturated heterocycles. The summed E-state index contributed by atoms with van der Waals surface area (Å²) in [6.45, 7) is 7.22. The molecule has 5 heteroatoms. The molecule has 0 aliphatic heterocycles. The number of phenols is 1. The highest BCUT2D eigenvalue weighted by Crippen LogP contribution is 2.22. The van der Waals surface area contributed by atoms with E-state index in [9.17, 15) is 14.3 Å². The van der Waals surface area contributed by atoms with E-state index >= 15 is 0 Å². The second kappa shape index (κ2) is 6.02. The lowest BCUT2D eigenvalue weighted by molar-refractivity contribution is 0.0697. The van der Waals surface area contributed by atoms with Crippen molar-refractivity contribution in [1.82, 2.24) is 4.90 Å². The Morgan fingerprint density at radius 1 is 1.47 bits per heavy atom. The molecule has 0 heterocycles. The lowest BCUT2D eigenvalue weighted by Gasteiger charge is -2.31. The van der Waals surface area contributed by atoms with Gasteiger partial charge in [-0.3, -0.25) is 4.79 Å². The highest BCUT2D eigenvalue weighted by atomic mass is 19.1. The van der Waals surface area contributed by atoms with Crippen LogP contribution in [0.15, 0.2) is 18.2 Å². The molecule has 106 valence electrons. The Bertz CT molecular complexity index is 461. The van der Waals surface area contributed by atoms with Crippen LogP contribution >= 0.6 is 0 Å². The fraction of sp³-hybridized carbons (Fsp3) is 0.500. The fourth-order valence-corrected chi connectivity index (χ4v) is 1.76. The van der Waals surface area contributed by atoms with E-state index in [4.69, 9.17) is 5.73 Å². The summed E-state index contributed by atoms with van der Waals surface area (Å²) >= 11 is 0. The third kappa shape index (κ3) is 3.92. The minimum atomic E-state index is -0.570. The Kier molecular flexibility index (Phi) is 4.89. The molecule has 0 fully saturated rings. The van der Waals surface area contributed by atoms with E-state index in [2.05, 4.69) is 0 Å². The molecule has 0 spiro atoms. The first-order valence-electron chi connectivity index (χ1n) is 6.28. The van der Waals surface area contributed by atoms with Crippen molar-refractivity contribution in [3.8, 4) is 5.75 Å². The van der Waals surface area contributed by atoms with Crippen LogP contribution in [-0.2, 0) is 0 Å². The average Bonchev–Trinajstić information content (AvgIpc) is 2.35. The van der Waals surface area contributed by atoms with Crippen molar-refractivity contribution in [2.24, 2.45) is 11.1 Å². The monoisotopic (exact) mass is 268 g/mol. The Balaban J connectivity index is 2.96. The van der Waals surface area contributed by atoms with E-state index in [0.717, 1.165) is 12.1 Å². The van der Waals surface area contributed by atoms with Crippen molar-refractivity contribution in [3.05, 3.63) is 29.6 Å². The predicted molar refractivity (Wildman–Crippen MR) is 72.5 cm³/mol. The van der Waals surface area contributed by atoms with E-state index in [0.29, 0.717) is 19.6 Å². The standard InChI is InChI=1S/C14H21FN2O2/c1-4-17(9-14(2,3)8-16)13(19)11-6-5-10(15)7-12(11)18/h5-7,18H,4,8-9,16H2,1-3H3. The molecule has 1 amide bonds. The first-order valence-corrected chi connectivity index (χ1v) is 6.28. The largest absolute Gasteiger partial charge is 0.507 e. The van der Waals surface area contributed by atoms with Gasteiger partial charge in [-0.15, -0.1) is 0 Å². The van der Waals surface area contributed by atoms with Crippen molar-refractivity contribution < 1.29 is 14.3 Å². The lowest BCUT2D eigenvalue weighted by Crippen LogP contribution is -2.42. The summed E-state index contributed by atoms with van der Waals surface area (Å²) < 4.78 is 12.9. The normalized spacial score (nSPS) is 11.4. The highest BCUT2D eigenvalue weighted by molar-refractivity contribution is 5.96. The van der Waals surface area contributed by atoms with Gasteiger partial charge in [-0.2, -0.15) is 0 Å². The molecule has 0 aromatic heterocycles. The molecular formula is C14H21FN2O2. The van der Waals surface area contributed by atoms with E-state index in [1.807, 2.05) is 20.8 Å². The lowest BCUT2D eigenvalue weighted by atomic mass is 9.93. The molecule has 0 bridgehead atoms. The van der Waals surface area contributed by atoms with Gasteiger partial charge in [0.15, 0.2) is 0 Å². The fourth-order valence-electron chi connectivity index (χ4n) is 1.76. The van der Waals surface area contributed by atoms with Crippen LogP contribution in [0.5, 0.6) is 5.75 Å². The van der Waals surface area contributed by atoms with Crippen LogP contribution in [0.4, 0.5) is 4.39 Å². The van der Waals surface area contributed by atoms with Gasteiger partial charge in [0.25, 0.3) is 5.91 Å². The number of hydrogen-bond donors (Lipinski definition) is 2. The zero-order valence-corrected chi connectivity index (χ0v) is 11.6. The quantitative estimate of drug-likeness (QED) is 0.858. The minimum Gasteiger partial charge on any atom is -0.507 e. The summed E-state index contributed by atoms with van der Waals surface area (Å²) in [4.78, 5) is 13.9. The number of hydrogen-bond acceptors (Lipinski definition) is 3. The van der Waals surface area contributed by atoms with Gasteiger partial charge in [0.05, 0.1) is 5.56 Å². The van der Waals surface area contributed by atoms with Crippen LogP contribution in [0, 0.1) is 11.2 Å². The summed E-state index contributed by atoms with van der Waals surface area (Å²) in [5, 5.41) is 9.65. The van der Waals surface area contributed by atoms with Crippen molar-refractivity contribution >= 4 is 5.91 Å². The van der Waals surface area contributed by atoms with E-state index < -0.39 is 5.82 Å². The maximum absolute atomic E-state index is 12.9. The number of carbonyl (C=O) groups excluding carboxylic acids is 1. The van der Waals surface area contributed by atoms with Crippen LogP contribution < -0.4 is 5.73 Å². The first kappa shape index (κ1) is 15.4. The predicted octanol–water partition coefficient (Wildman–Crippen LogP) is 1.98. The molecule has 19 heavy (non-hydrogen) atoms. The average molecular weight is 268 g/mol. The van der Waals surface area contributed by atoms with Crippen molar-refractivity contribution in [2.75, 3.05) is 19.6 Å². The molecular weight excluding hydrogens is 247 g/mol. The number of phenolic OH excluding ortho intramolecular Hbond substituents is 1. The summed E-state index contributed by atoms with van der Waals surface area (Å²) in [6, 6.07) is 3.40. The Hall–Kier alpha value is -1.62. The van der Waals surface area contributed by atoms with Crippen LogP contribution in [0.2, 0.25) is 0 Å². The zero-order chi connectivity index (χ0) is 14.6. The number of benzene rings is 1. The summed E-state index contributed by atoms with van der Waals surface area (Å²) in [5.41, 5.74) is 5.56. The van der Waals surface area contributed by atoms with E-state index in [1.54, 1.807) is 4.90 Å². The Morgan fingerprint density at radius 3 is 2.58 bits per heavy atom. The van der Waals surface area contributed by atoms with Crippen LogP contribution in [0.1, 0.15) is 31.1 Å². The van der Waals surface area contributed by atoms with Crippen LogP contribution in [0.25, 0.3) is 0 Å². The molecule has 0 unspecified atom stereocenters. The van der Waals surface area contributed by atoms with Gasteiger partial charge in [0, 0.05) is 19.2 Å². The number of amides is 1. The number of halogens is 1. The van der Waals surface area contributed by atoms with Crippen molar-refractivity contribution in [1.29, 1.82) is 0 Å². The van der Waals surface area contributed by atoms with E-state index in [1.165, 1.54) is 6.07 Å². The topological polar surface area (TPSA) is 66.6 Å². The maximum atomic E-state index is 12.9. The summed E-state index contributed by atoms with van der Waals surface area (Å²) in [6.07, 6.45) is 0. The second-order valence-electron chi connectivity index (χ2n) is 5.35. The number of aromatic hydroxyl groups is 1. The Labute approximate surface area is 113 Å². The van der Waals surface area contributed by atoms with Crippen LogP contribution in [0.3, 0.4) is 0 Å². The molecule has 0 atom stereocenters. The molecule has 0 radical (unpaired) electrons. The summed E-state index contributed by atoms with van der Waals surface area (Å²) in [5.74, 6) is -1.23. The van der Waals surface area contributed by atoms with Crippen LogP contribution in [-0.4, -0.2) is 35.5 Å². The van der Waals surface area contributed by atoms with Gasteiger partial charge in [-0.05, 0) is 31.0 Å². The number of carbonyl (C=O) groups is 1.